The van der Waals surface area contributed by atoms with E-state index in [2.05, 4.69) is 20.8 Å². The van der Waals surface area contributed by atoms with Crippen molar-refractivity contribution >= 4 is 5.97 Å². The Hall–Kier alpha value is -1.31. The zero-order valence-electron chi connectivity index (χ0n) is 12.8. The number of carbonyl (C=O) groups is 1. The van der Waals surface area contributed by atoms with Crippen LogP contribution in [0.2, 0.25) is 0 Å². The maximum Gasteiger partial charge on any atom is 0.310 e. The SMILES string of the molecule is CC1CCC(C(C)C)C(OC(=O)Cc2ccccc2)C1. The second-order valence-corrected chi connectivity index (χ2v) is 6.52. The van der Waals surface area contributed by atoms with Crippen LogP contribution < -0.4 is 0 Å². The number of carbonyl (C=O) groups excluding carboxylic acids is 1. The molecule has 2 heteroatoms. The van der Waals surface area contributed by atoms with E-state index in [1.54, 1.807) is 0 Å². The average molecular weight is 274 g/mol. The largest absolute Gasteiger partial charge is 0.462 e. The molecule has 1 saturated carbocycles. The summed E-state index contributed by atoms with van der Waals surface area (Å²) in [5.41, 5.74) is 1.03. The van der Waals surface area contributed by atoms with E-state index in [0.717, 1.165) is 12.0 Å². The third-order valence-electron chi connectivity index (χ3n) is 4.44. The van der Waals surface area contributed by atoms with Crippen molar-refractivity contribution in [2.75, 3.05) is 0 Å². The quantitative estimate of drug-likeness (QED) is 0.768. The highest BCUT2D eigenvalue weighted by Crippen LogP contribution is 2.35. The standard InChI is InChI=1S/C18H26O2/c1-13(2)16-10-9-14(3)11-17(16)20-18(19)12-15-7-5-4-6-8-15/h4-8,13-14,16-17H,9-12H2,1-3H3. The molecule has 1 aromatic rings. The fourth-order valence-electron chi connectivity index (χ4n) is 3.22. The van der Waals surface area contributed by atoms with Gasteiger partial charge in [-0.25, -0.2) is 0 Å². The first-order valence-electron chi connectivity index (χ1n) is 7.79. The van der Waals surface area contributed by atoms with Gasteiger partial charge in [-0.1, -0.05) is 57.5 Å². The van der Waals surface area contributed by atoms with Gasteiger partial charge >= 0.3 is 5.97 Å². The summed E-state index contributed by atoms with van der Waals surface area (Å²) < 4.78 is 5.80. The summed E-state index contributed by atoms with van der Waals surface area (Å²) in [6.45, 7) is 6.73. The van der Waals surface area contributed by atoms with Crippen molar-refractivity contribution in [2.45, 2.75) is 52.6 Å². The molecule has 0 aromatic heterocycles. The molecule has 1 aliphatic carbocycles. The van der Waals surface area contributed by atoms with Crippen LogP contribution in [0.4, 0.5) is 0 Å². The molecule has 3 atom stereocenters. The van der Waals surface area contributed by atoms with Gasteiger partial charge in [0, 0.05) is 0 Å². The van der Waals surface area contributed by atoms with Gasteiger partial charge in [0.25, 0.3) is 0 Å². The Kier molecular flexibility index (Phi) is 5.22. The summed E-state index contributed by atoms with van der Waals surface area (Å²) in [4.78, 5) is 12.1. The van der Waals surface area contributed by atoms with Crippen LogP contribution in [0.5, 0.6) is 0 Å². The second kappa shape index (κ2) is 6.92. The summed E-state index contributed by atoms with van der Waals surface area (Å²) in [6.07, 6.45) is 3.95. The molecule has 2 nitrogen and oxygen atoms in total. The first-order valence-corrected chi connectivity index (χ1v) is 7.79. The van der Waals surface area contributed by atoms with E-state index in [1.165, 1.54) is 12.8 Å². The lowest BCUT2D eigenvalue weighted by molar-refractivity contribution is -0.155. The summed E-state index contributed by atoms with van der Waals surface area (Å²) in [7, 11) is 0. The third-order valence-corrected chi connectivity index (χ3v) is 4.44. The van der Waals surface area contributed by atoms with E-state index >= 15 is 0 Å². The van der Waals surface area contributed by atoms with E-state index in [0.29, 0.717) is 24.2 Å². The molecule has 2 rings (SSSR count). The molecule has 0 spiro atoms. The number of rotatable bonds is 4. The number of esters is 1. The van der Waals surface area contributed by atoms with Crippen molar-refractivity contribution in [1.82, 2.24) is 0 Å². The molecule has 0 N–H and O–H groups in total. The number of benzene rings is 1. The highest BCUT2D eigenvalue weighted by Gasteiger charge is 2.33. The average Bonchev–Trinajstić information content (AvgIpc) is 2.39. The van der Waals surface area contributed by atoms with E-state index in [-0.39, 0.29) is 12.1 Å². The molecule has 0 bridgehead atoms. The van der Waals surface area contributed by atoms with Crippen molar-refractivity contribution in [1.29, 1.82) is 0 Å². The monoisotopic (exact) mass is 274 g/mol. The lowest BCUT2D eigenvalue weighted by Gasteiger charge is -2.36. The number of hydrogen-bond acceptors (Lipinski definition) is 2. The molecule has 0 aliphatic heterocycles. The van der Waals surface area contributed by atoms with Crippen molar-refractivity contribution < 1.29 is 9.53 Å². The van der Waals surface area contributed by atoms with Crippen LogP contribution in [0.3, 0.4) is 0 Å². The third kappa shape index (κ3) is 4.09. The molecule has 1 fully saturated rings. The molecule has 110 valence electrons. The molecule has 0 amide bonds. The lowest BCUT2D eigenvalue weighted by Crippen LogP contribution is -2.36. The number of ether oxygens (including phenoxy) is 1. The zero-order valence-corrected chi connectivity index (χ0v) is 12.8. The van der Waals surface area contributed by atoms with Crippen LogP contribution >= 0.6 is 0 Å². The Labute approximate surface area is 122 Å². The smallest absolute Gasteiger partial charge is 0.310 e. The molecule has 1 aliphatic rings. The Balaban J connectivity index is 1.94. The molecule has 0 heterocycles. The maximum atomic E-state index is 12.1. The Bertz CT molecular complexity index is 424. The highest BCUT2D eigenvalue weighted by atomic mass is 16.5. The minimum absolute atomic E-state index is 0.0825. The van der Waals surface area contributed by atoms with Crippen molar-refractivity contribution in [3.05, 3.63) is 35.9 Å². The summed E-state index contributed by atoms with van der Waals surface area (Å²) in [5, 5.41) is 0. The van der Waals surface area contributed by atoms with E-state index in [4.69, 9.17) is 4.74 Å². The van der Waals surface area contributed by atoms with Crippen LogP contribution in [0.25, 0.3) is 0 Å². The molecular formula is C18H26O2. The molecule has 0 radical (unpaired) electrons. The lowest BCUT2D eigenvalue weighted by atomic mass is 9.75. The van der Waals surface area contributed by atoms with Gasteiger partial charge in [0.05, 0.1) is 6.42 Å². The van der Waals surface area contributed by atoms with Gasteiger partial charge in [-0.3, -0.25) is 4.79 Å². The molecule has 0 saturated heterocycles. The van der Waals surface area contributed by atoms with Crippen LogP contribution in [0, 0.1) is 17.8 Å². The first kappa shape index (κ1) is 15.1. The predicted molar refractivity (Wildman–Crippen MR) is 81.4 cm³/mol. The van der Waals surface area contributed by atoms with Gasteiger partial charge in [-0.15, -0.1) is 0 Å². The van der Waals surface area contributed by atoms with Gasteiger partial charge < -0.3 is 4.74 Å². The Morgan fingerprint density at radius 2 is 1.95 bits per heavy atom. The molecular weight excluding hydrogens is 248 g/mol. The fourth-order valence-corrected chi connectivity index (χ4v) is 3.22. The topological polar surface area (TPSA) is 26.3 Å². The van der Waals surface area contributed by atoms with Gasteiger partial charge in [0.2, 0.25) is 0 Å². The summed E-state index contributed by atoms with van der Waals surface area (Å²) >= 11 is 0. The second-order valence-electron chi connectivity index (χ2n) is 6.52. The summed E-state index contributed by atoms with van der Waals surface area (Å²) in [5.74, 6) is 1.68. The first-order chi connectivity index (χ1) is 9.56. The van der Waals surface area contributed by atoms with Crippen LogP contribution in [-0.2, 0) is 16.0 Å². The van der Waals surface area contributed by atoms with Gasteiger partial charge in [0.1, 0.15) is 6.10 Å². The summed E-state index contributed by atoms with van der Waals surface area (Å²) in [6, 6.07) is 9.84. The van der Waals surface area contributed by atoms with Crippen molar-refractivity contribution in [2.24, 2.45) is 17.8 Å². The van der Waals surface area contributed by atoms with Crippen LogP contribution in [-0.4, -0.2) is 12.1 Å². The predicted octanol–water partition coefficient (Wildman–Crippen LogP) is 4.23. The van der Waals surface area contributed by atoms with Crippen molar-refractivity contribution in [3.63, 3.8) is 0 Å². The fraction of sp³-hybridized carbons (Fsp3) is 0.611. The zero-order chi connectivity index (χ0) is 14.5. The molecule has 3 unspecified atom stereocenters. The normalized spacial score (nSPS) is 26.5. The molecule has 20 heavy (non-hydrogen) atoms. The number of hydrogen-bond donors (Lipinski definition) is 0. The van der Waals surface area contributed by atoms with Crippen molar-refractivity contribution in [3.8, 4) is 0 Å². The Morgan fingerprint density at radius 1 is 1.25 bits per heavy atom. The molecule has 1 aromatic carbocycles. The Morgan fingerprint density at radius 3 is 2.60 bits per heavy atom. The maximum absolute atomic E-state index is 12.1. The van der Waals surface area contributed by atoms with E-state index in [9.17, 15) is 4.79 Å². The van der Waals surface area contributed by atoms with Crippen LogP contribution in [0.15, 0.2) is 30.3 Å². The van der Waals surface area contributed by atoms with Gasteiger partial charge in [-0.05, 0) is 36.2 Å². The minimum atomic E-state index is -0.0825. The van der Waals surface area contributed by atoms with Gasteiger partial charge in [0.15, 0.2) is 0 Å². The van der Waals surface area contributed by atoms with E-state index in [1.807, 2.05) is 30.3 Å². The highest BCUT2D eigenvalue weighted by molar-refractivity contribution is 5.72. The van der Waals surface area contributed by atoms with Gasteiger partial charge in [-0.2, -0.15) is 0 Å². The van der Waals surface area contributed by atoms with Crippen LogP contribution in [0.1, 0.15) is 45.6 Å². The minimum Gasteiger partial charge on any atom is -0.462 e. The van der Waals surface area contributed by atoms with E-state index < -0.39 is 0 Å².